The Balaban J connectivity index is 2.59. The van der Waals surface area contributed by atoms with Crippen molar-refractivity contribution in [1.29, 1.82) is 0 Å². The van der Waals surface area contributed by atoms with Crippen molar-refractivity contribution in [3.63, 3.8) is 0 Å². The van der Waals surface area contributed by atoms with Crippen molar-refractivity contribution in [2.45, 2.75) is 19.8 Å². The number of benzene rings is 1. The van der Waals surface area contributed by atoms with E-state index in [-0.39, 0.29) is 5.92 Å². The largest absolute Gasteiger partial charge is 0.497 e. The normalized spacial score (nSPS) is 10.8. The maximum Gasteiger partial charge on any atom is 0.150 e. The first kappa shape index (κ1) is 14.0. The molecule has 0 aliphatic rings. The lowest BCUT2D eigenvalue weighted by atomic mass is 10.1. The Morgan fingerprint density at radius 2 is 1.90 bits per heavy atom. The van der Waals surface area contributed by atoms with Gasteiger partial charge in [0.2, 0.25) is 0 Å². The van der Waals surface area contributed by atoms with Gasteiger partial charge in [-0.15, -0.1) is 0 Å². The van der Waals surface area contributed by atoms with E-state index in [0.29, 0.717) is 23.0 Å². The minimum absolute atomic E-state index is 0.181. The molecule has 0 amide bonds. The molecule has 0 bridgehead atoms. The van der Waals surface area contributed by atoms with Crippen LogP contribution in [-0.4, -0.2) is 23.9 Å². The lowest BCUT2D eigenvalue weighted by Gasteiger charge is -2.09. The van der Waals surface area contributed by atoms with Crippen LogP contribution in [0.25, 0.3) is 11.3 Å². The summed E-state index contributed by atoms with van der Waals surface area (Å²) in [6, 6.07) is 5.49. The van der Waals surface area contributed by atoms with Gasteiger partial charge in [0.15, 0.2) is 5.82 Å². The molecule has 1 aromatic carbocycles. The van der Waals surface area contributed by atoms with Crippen LogP contribution < -0.4 is 21.1 Å². The third-order valence-corrected chi connectivity index (χ3v) is 3.16. The van der Waals surface area contributed by atoms with Gasteiger partial charge in [-0.05, 0) is 12.1 Å². The first-order valence-electron chi connectivity index (χ1n) is 6.35. The predicted octanol–water partition coefficient (Wildman–Crippen LogP) is 1.99. The van der Waals surface area contributed by atoms with Crippen molar-refractivity contribution in [2.75, 3.05) is 25.8 Å². The van der Waals surface area contributed by atoms with Crippen LogP contribution >= 0.6 is 0 Å². The number of nitrogens with two attached hydrogens (primary N) is 2. The lowest BCUT2D eigenvalue weighted by molar-refractivity contribution is 0.395. The van der Waals surface area contributed by atoms with Gasteiger partial charge in [0, 0.05) is 17.5 Å². The number of anilines is 1. The lowest BCUT2D eigenvalue weighted by Crippen LogP contribution is -2.16. The van der Waals surface area contributed by atoms with Gasteiger partial charge in [-0.3, -0.25) is 0 Å². The summed E-state index contributed by atoms with van der Waals surface area (Å²) in [7, 11) is 3.20. The third kappa shape index (κ3) is 2.24. The highest BCUT2D eigenvalue weighted by atomic mass is 16.5. The monoisotopic (exact) mass is 276 g/mol. The fraction of sp³-hybridized carbons (Fsp3) is 0.357. The molecule has 0 atom stereocenters. The molecule has 0 aliphatic carbocycles. The van der Waals surface area contributed by atoms with Gasteiger partial charge < -0.3 is 21.1 Å². The molecule has 108 valence electrons. The number of rotatable bonds is 4. The van der Waals surface area contributed by atoms with E-state index in [2.05, 4.69) is 4.98 Å². The fourth-order valence-corrected chi connectivity index (χ4v) is 2.06. The molecule has 0 saturated heterocycles. The second kappa shape index (κ2) is 5.32. The summed E-state index contributed by atoms with van der Waals surface area (Å²) in [5, 5.41) is 0. The van der Waals surface area contributed by atoms with Crippen LogP contribution in [0.15, 0.2) is 18.2 Å². The first-order valence-corrected chi connectivity index (χ1v) is 6.35. The van der Waals surface area contributed by atoms with Crippen LogP contribution in [0.3, 0.4) is 0 Å². The highest BCUT2D eigenvalue weighted by Gasteiger charge is 2.19. The number of imidazole rings is 1. The smallest absolute Gasteiger partial charge is 0.150 e. The van der Waals surface area contributed by atoms with Gasteiger partial charge in [0.1, 0.15) is 23.0 Å². The zero-order valence-electron chi connectivity index (χ0n) is 12.2. The van der Waals surface area contributed by atoms with Gasteiger partial charge >= 0.3 is 0 Å². The number of hydrogen-bond acceptors (Lipinski definition) is 5. The standard InChI is InChI=1S/C14H20N4O2/c1-8(2)14-17-12(13(15)18(14)16)10-6-5-9(19-3)7-11(10)20-4/h5-8H,15-16H2,1-4H3. The molecular formula is C14H20N4O2. The maximum atomic E-state index is 6.06. The molecule has 1 heterocycles. The van der Waals surface area contributed by atoms with Crippen LogP contribution in [0.5, 0.6) is 11.5 Å². The molecule has 2 aromatic rings. The molecule has 2 rings (SSSR count). The average molecular weight is 276 g/mol. The van der Waals surface area contributed by atoms with Crippen molar-refractivity contribution in [1.82, 2.24) is 9.66 Å². The zero-order chi connectivity index (χ0) is 14.9. The Hall–Kier alpha value is -2.37. The van der Waals surface area contributed by atoms with E-state index in [4.69, 9.17) is 21.1 Å². The van der Waals surface area contributed by atoms with Crippen LogP contribution in [0, 0.1) is 0 Å². The summed E-state index contributed by atoms with van der Waals surface area (Å²) < 4.78 is 12.0. The average Bonchev–Trinajstić information content (AvgIpc) is 2.74. The Labute approximate surface area is 118 Å². The molecule has 6 heteroatoms. The number of aromatic nitrogens is 2. The molecule has 1 aromatic heterocycles. The number of ether oxygens (including phenoxy) is 2. The summed E-state index contributed by atoms with van der Waals surface area (Å²) in [5.41, 5.74) is 7.47. The highest BCUT2D eigenvalue weighted by molar-refractivity contribution is 5.77. The number of methoxy groups -OCH3 is 2. The summed E-state index contributed by atoms with van der Waals surface area (Å²) in [6.45, 7) is 4.03. The minimum atomic E-state index is 0.181. The van der Waals surface area contributed by atoms with Crippen LogP contribution in [-0.2, 0) is 0 Å². The van der Waals surface area contributed by atoms with E-state index < -0.39 is 0 Å². The zero-order valence-corrected chi connectivity index (χ0v) is 12.2. The molecule has 0 radical (unpaired) electrons. The van der Waals surface area contributed by atoms with Crippen LogP contribution in [0.1, 0.15) is 25.6 Å². The summed E-state index contributed by atoms with van der Waals surface area (Å²) in [4.78, 5) is 4.54. The van der Waals surface area contributed by atoms with E-state index in [1.807, 2.05) is 26.0 Å². The van der Waals surface area contributed by atoms with E-state index in [1.54, 1.807) is 20.3 Å². The quantitative estimate of drug-likeness (QED) is 0.834. The van der Waals surface area contributed by atoms with E-state index in [0.717, 1.165) is 11.4 Å². The van der Waals surface area contributed by atoms with Crippen LogP contribution in [0.2, 0.25) is 0 Å². The first-order chi connectivity index (χ1) is 9.49. The molecular weight excluding hydrogens is 256 g/mol. The molecule has 6 nitrogen and oxygen atoms in total. The Kier molecular flexibility index (Phi) is 3.74. The van der Waals surface area contributed by atoms with Crippen molar-refractivity contribution in [3.05, 3.63) is 24.0 Å². The second-order valence-corrected chi connectivity index (χ2v) is 4.79. The number of hydrogen-bond donors (Lipinski definition) is 2. The SMILES string of the molecule is COc1ccc(-c2nc(C(C)C)n(N)c2N)c(OC)c1. The number of nitrogen functional groups attached to an aromatic ring is 2. The second-order valence-electron chi connectivity index (χ2n) is 4.79. The molecule has 4 N–H and O–H groups in total. The van der Waals surface area contributed by atoms with Crippen molar-refractivity contribution >= 4 is 5.82 Å². The third-order valence-electron chi connectivity index (χ3n) is 3.16. The summed E-state index contributed by atoms with van der Waals surface area (Å²) in [5.74, 6) is 8.63. The summed E-state index contributed by atoms with van der Waals surface area (Å²) >= 11 is 0. The van der Waals surface area contributed by atoms with Gasteiger partial charge in [0.25, 0.3) is 0 Å². The van der Waals surface area contributed by atoms with Crippen LogP contribution in [0.4, 0.5) is 5.82 Å². The molecule has 0 aliphatic heterocycles. The van der Waals surface area contributed by atoms with Gasteiger partial charge in [-0.1, -0.05) is 13.8 Å². The van der Waals surface area contributed by atoms with E-state index >= 15 is 0 Å². The van der Waals surface area contributed by atoms with Gasteiger partial charge in [-0.25, -0.2) is 9.66 Å². The van der Waals surface area contributed by atoms with Gasteiger partial charge in [0.05, 0.1) is 14.2 Å². The molecule has 20 heavy (non-hydrogen) atoms. The van der Waals surface area contributed by atoms with Gasteiger partial charge in [-0.2, -0.15) is 0 Å². The Morgan fingerprint density at radius 1 is 1.20 bits per heavy atom. The highest BCUT2D eigenvalue weighted by Crippen LogP contribution is 2.36. The molecule has 0 fully saturated rings. The number of nitrogens with zero attached hydrogens (tertiary/aromatic N) is 2. The minimum Gasteiger partial charge on any atom is -0.497 e. The summed E-state index contributed by atoms with van der Waals surface area (Å²) in [6.07, 6.45) is 0. The Bertz CT molecular complexity index is 620. The van der Waals surface area contributed by atoms with Crippen molar-refractivity contribution in [2.24, 2.45) is 0 Å². The van der Waals surface area contributed by atoms with Crippen molar-refractivity contribution < 1.29 is 9.47 Å². The predicted molar refractivity (Wildman–Crippen MR) is 79.4 cm³/mol. The topological polar surface area (TPSA) is 88.3 Å². The fourth-order valence-electron chi connectivity index (χ4n) is 2.06. The van der Waals surface area contributed by atoms with E-state index in [1.165, 1.54) is 4.68 Å². The molecule has 0 spiro atoms. The molecule has 0 saturated carbocycles. The molecule has 0 unspecified atom stereocenters. The maximum absolute atomic E-state index is 6.06. The van der Waals surface area contributed by atoms with Crippen molar-refractivity contribution in [3.8, 4) is 22.8 Å². The Morgan fingerprint density at radius 3 is 2.40 bits per heavy atom. The van der Waals surface area contributed by atoms with E-state index in [9.17, 15) is 0 Å².